The van der Waals surface area contributed by atoms with Gasteiger partial charge in [-0.15, -0.1) is 0 Å². The molecule has 0 saturated carbocycles. The maximum Gasteiger partial charge on any atom is 0.347 e. The maximum atomic E-state index is 11.8. The Labute approximate surface area is 233 Å². The molecule has 0 amide bonds. The summed E-state index contributed by atoms with van der Waals surface area (Å²) in [7, 11) is -0.514. The molecule has 3 saturated heterocycles. The number of benzene rings is 3. The number of hydrogen-bond donors (Lipinski definition) is 0. The third-order valence-corrected chi connectivity index (χ3v) is 8.91. The first-order valence-corrected chi connectivity index (χ1v) is 14.3. The van der Waals surface area contributed by atoms with Crippen molar-refractivity contribution < 1.29 is 42.8 Å². The molecule has 3 unspecified atom stereocenters. The molecule has 0 spiro atoms. The van der Waals surface area contributed by atoms with Crippen molar-refractivity contribution in [3.8, 4) is 17.2 Å². The molecule has 3 aromatic rings. The van der Waals surface area contributed by atoms with E-state index in [-0.39, 0.29) is 17.9 Å². The highest BCUT2D eigenvalue weighted by atomic mass is 32.2. The standard InChI is InChI=1S/C30H27O9S/c31-28-25(13-16-34-28)37-19-1-7-22(8-2-19)40(23-9-3-20(4-10-23)38-26-14-17-35-29(26)32)24-11-5-21(6-12-24)39-27-15-18-36-30(27)33/h1-12,25-27H,13-18H2/q+1. The van der Waals surface area contributed by atoms with Gasteiger partial charge in [0.15, 0.2) is 33.0 Å². The second kappa shape index (κ2) is 11.5. The minimum Gasteiger partial charge on any atom is -0.479 e. The van der Waals surface area contributed by atoms with Crippen molar-refractivity contribution in [3.63, 3.8) is 0 Å². The van der Waals surface area contributed by atoms with E-state index in [1.165, 1.54) is 0 Å². The fraction of sp³-hybridized carbons (Fsp3) is 0.300. The van der Waals surface area contributed by atoms with Crippen LogP contribution < -0.4 is 14.2 Å². The molecular weight excluding hydrogens is 536 g/mol. The molecule has 0 bridgehead atoms. The van der Waals surface area contributed by atoms with Crippen LogP contribution in [0.15, 0.2) is 87.5 Å². The Kier molecular flexibility index (Phi) is 7.50. The van der Waals surface area contributed by atoms with Gasteiger partial charge in [-0.05, 0) is 72.8 Å². The number of cyclic esters (lactones) is 3. The van der Waals surface area contributed by atoms with E-state index in [4.69, 9.17) is 28.4 Å². The maximum absolute atomic E-state index is 11.8. The average molecular weight is 564 g/mol. The van der Waals surface area contributed by atoms with Crippen molar-refractivity contribution in [1.29, 1.82) is 0 Å². The molecule has 3 aromatic carbocycles. The Morgan fingerprint density at radius 1 is 0.475 bits per heavy atom. The van der Waals surface area contributed by atoms with Crippen LogP contribution in [0.25, 0.3) is 0 Å². The molecule has 10 heteroatoms. The van der Waals surface area contributed by atoms with Crippen LogP contribution in [0.4, 0.5) is 0 Å². The molecule has 3 aliphatic heterocycles. The van der Waals surface area contributed by atoms with Crippen LogP contribution in [0.3, 0.4) is 0 Å². The quantitative estimate of drug-likeness (QED) is 0.218. The number of rotatable bonds is 9. The largest absolute Gasteiger partial charge is 0.479 e. The van der Waals surface area contributed by atoms with E-state index >= 15 is 0 Å². The SMILES string of the molecule is O=C1OCCC1Oc1ccc([S+](c2ccc(OC3CCOC3=O)cc2)c2ccc(OC3CCOC3=O)cc2)cc1. The molecule has 40 heavy (non-hydrogen) atoms. The monoisotopic (exact) mass is 563 g/mol. The molecule has 6 rings (SSSR count). The van der Waals surface area contributed by atoms with E-state index in [1.54, 1.807) is 0 Å². The fourth-order valence-electron chi connectivity index (χ4n) is 4.62. The zero-order valence-electron chi connectivity index (χ0n) is 21.5. The highest BCUT2D eigenvalue weighted by Gasteiger charge is 2.33. The number of carbonyl (C=O) groups is 3. The van der Waals surface area contributed by atoms with Crippen molar-refractivity contribution >= 4 is 28.8 Å². The van der Waals surface area contributed by atoms with E-state index in [0.29, 0.717) is 56.3 Å². The summed E-state index contributed by atoms with van der Waals surface area (Å²) in [6.07, 6.45) is -0.156. The Morgan fingerprint density at radius 3 is 0.975 bits per heavy atom. The van der Waals surface area contributed by atoms with Crippen LogP contribution in [0.5, 0.6) is 17.2 Å². The van der Waals surface area contributed by atoms with Gasteiger partial charge in [-0.1, -0.05) is 0 Å². The lowest BCUT2D eigenvalue weighted by Gasteiger charge is -2.13. The zero-order valence-corrected chi connectivity index (χ0v) is 22.3. The number of hydrogen-bond acceptors (Lipinski definition) is 9. The number of esters is 3. The summed E-state index contributed by atoms with van der Waals surface area (Å²) >= 11 is 0. The first-order valence-electron chi connectivity index (χ1n) is 13.1. The van der Waals surface area contributed by atoms with E-state index in [2.05, 4.69) is 0 Å². The first-order chi connectivity index (χ1) is 19.5. The van der Waals surface area contributed by atoms with Crippen molar-refractivity contribution in [3.05, 3.63) is 72.8 Å². The van der Waals surface area contributed by atoms with Gasteiger partial charge in [0.1, 0.15) is 17.2 Å². The Hall–Kier alpha value is -4.18. The summed E-state index contributed by atoms with van der Waals surface area (Å²) in [4.78, 5) is 38.5. The third-order valence-electron chi connectivity index (χ3n) is 6.68. The smallest absolute Gasteiger partial charge is 0.347 e. The van der Waals surface area contributed by atoms with E-state index in [1.807, 2.05) is 72.8 Å². The van der Waals surface area contributed by atoms with Crippen LogP contribution >= 0.6 is 0 Å². The zero-order chi connectivity index (χ0) is 27.5. The molecule has 3 aliphatic rings. The lowest BCUT2D eigenvalue weighted by atomic mass is 10.3. The summed E-state index contributed by atoms with van der Waals surface area (Å²) in [5, 5.41) is 0. The molecule has 0 N–H and O–H groups in total. The summed E-state index contributed by atoms with van der Waals surface area (Å²) in [5.41, 5.74) is 0. The first kappa shape index (κ1) is 26.1. The summed E-state index contributed by atoms with van der Waals surface area (Å²) in [5.74, 6) is 0.752. The Balaban J connectivity index is 1.25. The molecule has 0 radical (unpaired) electrons. The number of carbonyl (C=O) groups excluding carboxylic acids is 3. The van der Waals surface area contributed by atoms with Gasteiger partial charge in [-0.25, -0.2) is 14.4 Å². The van der Waals surface area contributed by atoms with Crippen LogP contribution in [0.1, 0.15) is 19.3 Å². The average Bonchev–Trinajstić information content (AvgIpc) is 3.69. The Bertz CT molecular complexity index is 1200. The molecule has 0 aliphatic carbocycles. The van der Waals surface area contributed by atoms with Crippen molar-refractivity contribution in [2.24, 2.45) is 0 Å². The predicted molar refractivity (Wildman–Crippen MR) is 141 cm³/mol. The van der Waals surface area contributed by atoms with Crippen molar-refractivity contribution in [2.45, 2.75) is 52.3 Å². The van der Waals surface area contributed by atoms with Crippen molar-refractivity contribution in [1.82, 2.24) is 0 Å². The minimum absolute atomic E-state index is 0.342. The molecule has 3 heterocycles. The molecule has 3 atom stereocenters. The van der Waals surface area contributed by atoms with Crippen LogP contribution in [-0.2, 0) is 39.5 Å². The number of ether oxygens (including phenoxy) is 6. The Morgan fingerprint density at radius 2 is 0.750 bits per heavy atom. The third kappa shape index (κ3) is 5.72. The predicted octanol–water partition coefficient (Wildman–Crippen LogP) is 3.86. The van der Waals surface area contributed by atoms with Gasteiger partial charge in [-0.2, -0.15) is 0 Å². The van der Waals surface area contributed by atoms with Gasteiger partial charge >= 0.3 is 17.9 Å². The molecule has 0 aromatic heterocycles. The van der Waals surface area contributed by atoms with Crippen molar-refractivity contribution in [2.75, 3.05) is 19.8 Å². The van der Waals surface area contributed by atoms with Crippen LogP contribution in [0, 0.1) is 0 Å². The molecule has 3 fully saturated rings. The van der Waals surface area contributed by atoms with Crippen LogP contribution in [-0.4, -0.2) is 56.0 Å². The normalized spacial score (nSPS) is 22.8. The fourth-order valence-corrected chi connectivity index (χ4v) is 6.66. The van der Waals surface area contributed by atoms with Gasteiger partial charge in [0.25, 0.3) is 0 Å². The van der Waals surface area contributed by atoms with E-state index in [0.717, 1.165) is 14.7 Å². The highest BCUT2D eigenvalue weighted by molar-refractivity contribution is 7.97. The summed E-state index contributed by atoms with van der Waals surface area (Å²) < 4.78 is 32.5. The topological polar surface area (TPSA) is 107 Å². The van der Waals surface area contributed by atoms with E-state index < -0.39 is 29.2 Å². The summed E-state index contributed by atoms with van der Waals surface area (Å²) in [6, 6.07) is 23.0. The lowest BCUT2D eigenvalue weighted by molar-refractivity contribution is -0.144. The van der Waals surface area contributed by atoms with Gasteiger partial charge in [0.05, 0.1) is 30.7 Å². The molecule has 9 nitrogen and oxygen atoms in total. The van der Waals surface area contributed by atoms with Gasteiger partial charge in [0.2, 0.25) is 0 Å². The van der Waals surface area contributed by atoms with Gasteiger partial charge < -0.3 is 28.4 Å². The minimum atomic E-state index is -0.585. The second-order valence-electron chi connectivity index (χ2n) is 9.41. The molecular formula is C30H27O9S+. The second-order valence-corrected chi connectivity index (χ2v) is 11.4. The summed E-state index contributed by atoms with van der Waals surface area (Å²) in [6.45, 7) is 1.11. The lowest BCUT2D eigenvalue weighted by Crippen LogP contribution is -2.21. The van der Waals surface area contributed by atoms with Gasteiger partial charge in [0, 0.05) is 19.3 Å². The van der Waals surface area contributed by atoms with E-state index in [9.17, 15) is 14.4 Å². The molecule has 206 valence electrons. The highest BCUT2D eigenvalue weighted by Crippen LogP contribution is 2.35. The van der Waals surface area contributed by atoms with Gasteiger partial charge in [-0.3, -0.25) is 0 Å². The van der Waals surface area contributed by atoms with Crippen LogP contribution in [0.2, 0.25) is 0 Å².